The van der Waals surface area contributed by atoms with E-state index in [1.165, 1.54) is 51.8 Å². The molecule has 42 heavy (non-hydrogen) atoms. The lowest BCUT2D eigenvalue weighted by Crippen LogP contribution is -2.44. The molecule has 1 fully saturated rings. The number of hydrogen-bond acceptors (Lipinski definition) is 11. The Balaban J connectivity index is 1.40. The summed E-state index contributed by atoms with van der Waals surface area (Å²) in [4.78, 5) is 26.8. The largest absolute Gasteiger partial charge is 0.283 e. The van der Waals surface area contributed by atoms with E-state index in [9.17, 15) is 28.6 Å². The number of fused-ring (bicyclic) bond motifs is 1. The Bertz CT molecular complexity index is 1780. The molecule has 4 aromatic rings. The van der Waals surface area contributed by atoms with Crippen molar-refractivity contribution in [3.8, 4) is 0 Å². The van der Waals surface area contributed by atoms with Crippen LogP contribution in [0.4, 0.5) is 17.1 Å². The van der Waals surface area contributed by atoms with E-state index in [2.05, 4.69) is 22.4 Å². The molecule has 0 saturated carbocycles. The van der Waals surface area contributed by atoms with Crippen molar-refractivity contribution in [2.24, 2.45) is 11.0 Å². The maximum absolute atomic E-state index is 13.6. The van der Waals surface area contributed by atoms with Crippen LogP contribution in [0.25, 0.3) is 10.2 Å². The molecule has 0 bridgehead atoms. The molecule has 218 valence electrons. The summed E-state index contributed by atoms with van der Waals surface area (Å²) in [5, 5.41) is 27.4. The fraction of sp³-hybridized carbons (Fsp3) is 0.259. The minimum atomic E-state index is -4.08. The van der Waals surface area contributed by atoms with Gasteiger partial charge in [-0.05, 0) is 49.9 Å². The van der Waals surface area contributed by atoms with Crippen molar-refractivity contribution in [1.82, 2.24) is 9.29 Å². The van der Waals surface area contributed by atoms with Crippen LogP contribution in [0.3, 0.4) is 0 Å². The summed E-state index contributed by atoms with van der Waals surface area (Å²) in [5.74, 6) is 0.369. The van der Waals surface area contributed by atoms with Gasteiger partial charge in [-0.3, -0.25) is 25.7 Å². The van der Waals surface area contributed by atoms with Crippen LogP contribution >= 0.6 is 23.1 Å². The van der Waals surface area contributed by atoms with Crippen molar-refractivity contribution < 1.29 is 18.3 Å². The van der Waals surface area contributed by atoms with Gasteiger partial charge in [-0.2, -0.15) is 9.41 Å². The van der Waals surface area contributed by atoms with E-state index in [4.69, 9.17) is 0 Å². The fourth-order valence-corrected chi connectivity index (χ4v) is 8.74. The summed E-state index contributed by atoms with van der Waals surface area (Å²) in [6, 6.07) is 15.5. The van der Waals surface area contributed by atoms with Gasteiger partial charge in [0.1, 0.15) is 4.90 Å². The van der Waals surface area contributed by atoms with Crippen LogP contribution in [-0.2, 0) is 10.0 Å². The number of benzene rings is 3. The molecule has 1 N–H and O–H groups in total. The molecule has 1 aliphatic heterocycles. The summed E-state index contributed by atoms with van der Waals surface area (Å²) in [6.45, 7) is 4.19. The predicted octanol–water partition coefficient (Wildman–Crippen LogP) is 6.52. The van der Waals surface area contributed by atoms with Crippen molar-refractivity contribution in [3.63, 3.8) is 0 Å². The number of nitro groups is 2. The van der Waals surface area contributed by atoms with Gasteiger partial charge in [-0.1, -0.05) is 36.9 Å². The Morgan fingerprint density at radius 1 is 1.10 bits per heavy atom. The number of thiazole rings is 1. The number of hydrogen-bond donors (Lipinski definition) is 1. The van der Waals surface area contributed by atoms with Crippen LogP contribution in [0.1, 0.15) is 32.3 Å². The standard InChI is InChI=1S/C27H26N6O6S3/c1-17-11-12-31(18(2)13-17)42(38,39)26-15-20(32(34)35)8-9-22(26)30-28-16-19-7-10-25(23(14-19)33(36)37)41-27-29-21-5-3-4-6-24(21)40-27/h3-10,14-18,30H,11-13H2,1-2H3/b28-16-/t17-,18-/m1/s1. The summed E-state index contributed by atoms with van der Waals surface area (Å²) >= 11 is 2.64. The van der Waals surface area contributed by atoms with Crippen molar-refractivity contribution in [1.29, 1.82) is 0 Å². The first-order chi connectivity index (χ1) is 20.0. The number of piperidine rings is 1. The van der Waals surface area contributed by atoms with Crippen molar-refractivity contribution in [3.05, 3.63) is 86.5 Å². The Kier molecular flexibility index (Phi) is 8.54. The first-order valence-electron chi connectivity index (χ1n) is 12.9. The van der Waals surface area contributed by atoms with Crippen LogP contribution < -0.4 is 5.43 Å². The molecule has 0 aliphatic carbocycles. The third kappa shape index (κ3) is 6.28. The molecule has 0 spiro atoms. The fourth-order valence-electron chi connectivity index (χ4n) is 4.81. The van der Waals surface area contributed by atoms with Gasteiger partial charge < -0.3 is 0 Å². The van der Waals surface area contributed by atoms with Crippen LogP contribution in [-0.4, -0.2) is 46.4 Å². The third-order valence-corrected chi connectivity index (χ3v) is 11.1. The van der Waals surface area contributed by atoms with Gasteiger partial charge in [0.05, 0.1) is 36.9 Å². The highest BCUT2D eigenvalue weighted by atomic mass is 32.2. The first-order valence-corrected chi connectivity index (χ1v) is 16.0. The second-order valence-corrected chi connectivity index (χ2v) is 14.1. The van der Waals surface area contributed by atoms with Gasteiger partial charge in [-0.15, -0.1) is 11.3 Å². The molecule has 5 rings (SSSR count). The molecule has 3 aromatic carbocycles. The van der Waals surface area contributed by atoms with E-state index < -0.39 is 19.9 Å². The van der Waals surface area contributed by atoms with Crippen LogP contribution in [0.15, 0.2) is 79.9 Å². The molecular formula is C27H26N6O6S3. The number of sulfonamides is 1. The van der Waals surface area contributed by atoms with Crippen molar-refractivity contribution in [2.75, 3.05) is 12.0 Å². The van der Waals surface area contributed by atoms with E-state index in [0.29, 0.717) is 40.1 Å². The van der Waals surface area contributed by atoms with Gasteiger partial charge in [0.2, 0.25) is 10.0 Å². The zero-order valence-corrected chi connectivity index (χ0v) is 25.0. The van der Waals surface area contributed by atoms with E-state index >= 15 is 0 Å². The monoisotopic (exact) mass is 626 g/mol. The number of aromatic nitrogens is 1. The van der Waals surface area contributed by atoms with Gasteiger partial charge in [0.15, 0.2) is 4.34 Å². The van der Waals surface area contributed by atoms with E-state index in [1.807, 2.05) is 31.2 Å². The molecule has 1 saturated heterocycles. The Morgan fingerprint density at radius 2 is 1.88 bits per heavy atom. The molecule has 0 radical (unpaired) electrons. The quantitative estimate of drug-likeness (QED) is 0.124. The second kappa shape index (κ2) is 12.1. The second-order valence-electron chi connectivity index (χ2n) is 9.94. The van der Waals surface area contributed by atoms with E-state index in [0.717, 1.165) is 16.3 Å². The van der Waals surface area contributed by atoms with E-state index in [-0.39, 0.29) is 28.0 Å². The van der Waals surface area contributed by atoms with Crippen LogP contribution in [0.5, 0.6) is 0 Å². The molecule has 1 aliphatic rings. The first kappa shape index (κ1) is 29.6. The zero-order valence-electron chi connectivity index (χ0n) is 22.5. The SMILES string of the molecule is C[C@@H]1CCN(S(=O)(=O)c2cc([N+](=O)[O-])ccc2N/N=C\c2ccc(Sc3nc4ccccc4s3)c([N+](=O)[O-])c2)[C@H](C)C1. The van der Waals surface area contributed by atoms with Crippen molar-refractivity contribution >= 4 is 66.6 Å². The highest BCUT2D eigenvalue weighted by molar-refractivity contribution is 8.01. The summed E-state index contributed by atoms with van der Waals surface area (Å²) in [7, 11) is -4.08. The average Bonchev–Trinajstić information content (AvgIpc) is 3.36. The van der Waals surface area contributed by atoms with Crippen LogP contribution in [0, 0.1) is 26.1 Å². The Hall–Kier alpha value is -3.92. The number of hydrazone groups is 1. The number of rotatable bonds is 9. The maximum atomic E-state index is 13.6. The van der Waals surface area contributed by atoms with Gasteiger partial charge in [0, 0.05) is 36.3 Å². The number of nitrogens with one attached hydrogen (secondary N) is 1. The third-order valence-electron chi connectivity index (χ3n) is 6.89. The van der Waals surface area contributed by atoms with Crippen LogP contribution in [0.2, 0.25) is 0 Å². The smallest absolute Gasteiger partial charge is 0.277 e. The highest BCUT2D eigenvalue weighted by Crippen LogP contribution is 2.39. The number of anilines is 1. The lowest BCUT2D eigenvalue weighted by molar-refractivity contribution is -0.387. The van der Waals surface area contributed by atoms with Gasteiger partial charge >= 0.3 is 0 Å². The minimum absolute atomic E-state index is 0.0557. The average molecular weight is 627 g/mol. The summed E-state index contributed by atoms with van der Waals surface area (Å²) < 4.78 is 30.3. The molecule has 1 aromatic heterocycles. The molecular weight excluding hydrogens is 601 g/mol. The lowest BCUT2D eigenvalue weighted by atomic mass is 9.95. The molecule has 15 heteroatoms. The summed E-state index contributed by atoms with van der Waals surface area (Å²) in [5.41, 5.74) is 3.45. The Morgan fingerprint density at radius 3 is 2.60 bits per heavy atom. The van der Waals surface area contributed by atoms with Gasteiger partial charge in [-0.25, -0.2) is 13.4 Å². The molecule has 2 heterocycles. The summed E-state index contributed by atoms with van der Waals surface area (Å²) in [6.07, 6.45) is 2.69. The predicted molar refractivity (Wildman–Crippen MR) is 163 cm³/mol. The Labute approximate surface area is 249 Å². The number of nitro benzene ring substituents is 2. The van der Waals surface area contributed by atoms with Gasteiger partial charge in [0.25, 0.3) is 11.4 Å². The van der Waals surface area contributed by atoms with E-state index in [1.54, 1.807) is 12.1 Å². The maximum Gasteiger partial charge on any atom is 0.283 e. The van der Waals surface area contributed by atoms with Crippen molar-refractivity contribution in [2.45, 2.75) is 46.9 Å². The molecule has 2 atom stereocenters. The minimum Gasteiger partial charge on any atom is -0.277 e. The number of para-hydroxylation sites is 1. The normalized spacial score (nSPS) is 18.0. The molecule has 0 amide bonds. The number of non-ortho nitro benzene ring substituents is 1. The zero-order chi connectivity index (χ0) is 30.0. The lowest BCUT2D eigenvalue weighted by Gasteiger charge is -2.35. The topological polar surface area (TPSA) is 161 Å². The number of nitrogens with zero attached hydrogens (tertiary/aromatic N) is 5. The highest BCUT2D eigenvalue weighted by Gasteiger charge is 2.35. The molecule has 12 nitrogen and oxygen atoms in total. The molecule has 0 unspecified atom stereocenters.